The maximum absolute atomic E-state index is 11.2. The highest BCUT2D eigenvalue weighted by molar-refractivity contribution is 6.20. The summed E-state index contributed by atoms with van der Waals surface area (Å²) >= 11 is 6.24. The molecule has 20 heavy (non-hydrogen) atoms. The Morgan fingerprint density at radius 1 is 1.45 bits per heavy atom. The van der Waals surface area contributed by atoms with E-state index in [1.807, 2.05) is 32.4 Å². The lowest BCUT2D eigenvalue weighted by Gasteiger charge is -2.17. The van der Waals surface area contributed by atoms with Gasteiger partial charge in [0.1, 0.15) is 11.3 Å². The number of nitrogens with zero attached hydrogens (tertiary/aromatic N) is 4. The first kappa shape index (κ1) is 14.8. The highest BCUT2D eigenvalue weighted by Crippen LogP contribution is 2.30. The molecule has 1 amide bonds. The van der Waals surface area contributed by atoms with E-state index < -0.39 is 0 Å². The SMILES string of the molecule is CCc1nn(C)c2c1nc(C(C)Cl)n2C(C)CC(N)=O. The first-order valence-corrected chi connectivity index (χ1v) is 7.16. The summed E-state index contributed by atoms with van der Waals surface area (Å²) in [5.41, 5.74) is 7.99. The minimum Gasteiger partial charge on any atom is -0.370 e. The van der Waals surface area contributed by atoms with Crippen LogP contribution in [0, 0.1) is 0 Å². The van der Waals surface area contributed by atoms with Crippen molar-refractivity contribution >= 4 is 28.7 Å². The molecule has 2 rings (SSSR count). The third kappa shape index (κ3) is 2.40. The molecule has 0 radical (unpaired) electrons. The van der Waals surface area contributed by atoms with Crippen molar-refractivity contribution < 1.29 is 4.79 Å². The van der Waals surface area contributed by atoms with Gasteiger partial charge in [-0.1, -0.05) is 6.92 Å². The van der Waals surface area contributed by atoms with Crippen LogP contribution in [0.3, 0.4) is 0 Å². The molecular formula is C13H20ClN5O. The average molecular weight is 298 g/mol. The summed E-state index contributed by atoms with van der Waals surface area (Å²) in [6, 6.07) is -0.103. The van der Waals surface area contributed by atoms with E-state index in [1.54, 1.807) is 4.68 Å². The van der Waals surface area contributed by atoms with E-state index in [1.165, 1.54) is 0 Å². The molecule has 2 unspecified atom stereocenters. The number of hydrogen-bond donors (Lipinski definition) is 1. The van der Waals surface area contributed by atoms with Crippen LogP contribution in [0.4, 0.5) is 0 Å². The zero-order valence-corrected chi connectivity index (χ0v) is 13.0. The fourth-order valence-corrected chi connectivity index (χ4v) is 2.71. The number of fused-ring (bicyclic) bond motifs is 1. The topological polar surface area (TPSA) is 78.7 Å². The van der Waals surface area contributed by atoms with Crippen molar-refractivity contribution in [1.82, 2.24) is 19.3 Å². The van der Waals surface area contributed by atoms with Crippen molar-refractivity contribution in [3.05, 3.63) is 11.5 Å². The number of imidazole rings is 1. The number of carbonyl (C=O) groups excluding carboxylic acids is 1. The molecule has 0 spiro atoms. The molecule has 0 saturated carbocycles. The van der Waals surface area contributed by atoms with Crippen molar-refractivity contribution in [1.29, 1.82) is 0 Å². The second-order valence-corrected chi connectivity index (χ2v) is 5.73. The molecule has 0 aliphatic carbocycles. The molecule has 7 heteroatoms. The number of alkyl halides is 1. The van der Waals surface area contributed by atoms with Crippen LogP contribution in [0.5, 0.6) is 0 Å². The van der Waals surface area contributed by atoms with Gasteiger partial charge in [-0.15, -0.1) is 11.6 Å². The second kappa shape index (κ2) is 5.44. The molecule has 2 N–H and O–H groups in total. The zero-order valence-electron chi connectivity index (χ0n) is 12.2. The van der Waals surface area contributed by atoms with E-state index >= 15 is 0 Å². The minimum atomic E-state index is -0.342. The van der Waals surface area contributed by atoms with E-state index in [0.29, 0.717) is 0 Å². The van der Waals surface area contributed by atoms with Crippen LogP contribution in [-0.4, -0.2) is 25.2 Å². The normalized spacial score (nSPS) is 14.7. The summed E-state index contributed by atoms with van der Waals surface area (Å²) in [7, 11) is 1.87. The Kier molecular flexibility index (Phi) is 4.04. The number of aromatic nitrogens is 4. The average Bonchev–Trinajstić information content (AvgIpc) is 2.86. The second-order valence-electron chi connectivity index (χ2n) is 5.07. The van der Waals surface area contributed by atoms with Gasteiger partial charge in [0.2, 0.25) is 5.91 Å². The van der Waals surface area contributed by atoms with Crippen molar-refractivity contribution in [2.45, 2.75) is 45.0 Å². The first-order chi connectivity index (χ1) is 9.36. The van der Waals surface area contributed by atoms with Crippen LogP contribution < -0.4 is 5.73 Å². The summed E-state index contributed by atoms with van der Waals surface area (Å²) in [6.45, 7) is 5.85. The fraction of sp³-hybridized carbons (Fsp3) is 0.615. The van der Waals surface area contributed by atoms with Crippen LogP contribution >= 0.6 is 11.6 Å². The Hall–Kier alpha value is -1.56. The van der Waals surface area contributed by atoms with Gasteiger partial charge >= 0.3 is 0 Å². The lowest BCUT2D eigenvalue weighted by molar-refractivity contribution is -0.118. The number of nitrogens with two attached hydrogens (primary N) is 1. The lowest BCUT2D eigenvalue weighted by Crippen LogP contribution is -2.20. The molecule has 0 bridgehead atoms. The smallest absolute Gasteiger partial charge is 0.219 e. The van der Waals surface area contributed by atoms with Gasteiger partial charge in [-0.2, -0.15) is 5.10 Å². The molecule has 0 fully saturated rings. The molecule has 0 aliphatic rings. The predicted octanol–water partition coefficient (Wildman–Crippen LogP) is 2.07. The Morgan fingerprint density at radius 2 is 2.10 bits per heavy atom. The van der Waals surface area contributed by atoms with Gasteiger partial charge in [-0.05, 0) is 20.3 Å². The third-order valence-electron chi connectivity index (χ3n) is 3.39. The van der Waals surface area contributed by atoms with Gasteiger partial charge in [0.15, 0.2) is 5.65 Å². The van der Waals surface area contributed by atoms with Crippen molar-refractivity contribution in [2.24, 2.45) is 12.8 Å². The number of rotatable bonds is 5. The van der Waals surface area contributed by atoms with E-state index in [-0.39, 0.29) is 23.7 Å². The van der Waals surface area contributed by atoms with Crippen molar-refractivity contribution in [2.75, 3.05) is 0 Å². The van der Waals surface area contributed by atoms with Crippen molar-refractivity contribution in [3.63, 3.8) is 0 Å². The molecule has 0 aliphatic heterocycles. The van der Waals surface area contributed by atoms with Crippen LogP contribution in [0.2, 0.25) is 0 Å². The maximum Gasteiger partial charge on any atom is 0.219 e. The van der Waals surface area contributed by atoms with Gasteiger partial charge in [-0.25, -0.2) is 4.98 Å². The fourth-order valence-electron chi connectivity index (χ4n) is 2.56. The summed E-state index contributed by atoms with van der Waals surface area (Å²) < 4.78 is 3.77. The minimum absolute atomic E-state index is 0.103. The van der Waals surface area contributed by atoms with Crippen molar-refractivity contribution in [3.8, 4) is 0 Å². The van der Waals surface area contributed by atoms with E-state index in [0.717, 1.165) is 29.1 Å². The quantitative estimate of drug-likeness (QED) is 0.858. The van der Waals surface area contributed by atoms with E-state index in [2.05, 4.69) is 10.1 Å². The predicted molar refractivity (Wildman–Crippen MR) is 78.7 cm³/mol. The maximum atomic E-state index is 11.2. The van der Waals surface area contributed by atoms with Crippen LogP contribution in [-0.2, 0) is 18.3 Å². The third-order valence-corrected chi connectivity index (χ3v) is 3.59. The van der Waals surface area contributed by atoms with Gasteiger partial charge in [0.25, 0.3) is 0 Å². The molecule has 2 aromatic rings. The molecule has 2 heterocycles. The number of halogens is 1. The van der Waals surface area contributed by atoms with Gasteiger partial charge in [0.05, 0.1) is 11.1 Å². The van der Waals surface area contributed by atoms with Crippen LogP contribution in [0.15, 0.2) is 0 Å². The standard InChI is InChI=1S/C13H20ClN5O/c1-5-9-11-13(18(4)17-9)19(7(2)6-10(15)20)12(16-11)8(3)14/h7-8H,5-6H2,1-4H3,(H2,15,20). The molecular weight excluding hydrogens is 278 g/mol. The van der Waals surface area contributed by atoms with Gasteiger partial charge in [0, 0.05) is 19.5 Å². The Balaban J connectivity index is 2.68. The zero-order chi connectivity index (χ0) is 15.0. The Morgan fingerprint density at radius 3 is 2.60 bits per heavy atom. The highest BCUT2D eigenvalue weighted by Gasteiger charge is 2.24. The lowest BCUT2D eigenvalue weighted by atomic mass is 10.2. The van der Waals surface area contributed by atoms with E-state index in [4.69, 9.17) is 17.3 Å². The molecule has 0 aromatic carbocycles. The van der Waals surface area contributed by atoms with Gasteiger partial charge < -0.3 is 10.3 Å². The summed E-state index contributed by atoms with van der Waals surface area (Å²) in [5, 5.41) is 4.22. The number of aryl methyl sites for hydroxylation is 2. The Bertz CT molecular complexity index is 643. The van der Waals surface area contributed by atoms with Crippen LogP contribution in [0.25, 0.3) is 11.2 Å². The number of amides is 1. The molecule has 110 valence electrons. The molecule has 2 aromatic heterocycles. The molecule has 2 atom stereocenters. The van der Waals surface area contributed by atoms with Gasteiger partial charge in [-0.3, -0.25) is 9.48 Å². The molecule has 0 saturated heterocycles. The highest BCUT2D eigenvalue weighted by atomic mass is 35.5. The number of hydrogen-bond acceptors (Lipinski definition) is 3. The van der Waals surface area contributed by atoms with E-state index in [9.17, 15) is 4.79 Å². The first-order valence-electron chi connectivity index (χ1n) is 6.72. The summed E-state index contributed by atoms with van der Waals surface area (Å²) in [6.07, 6.45) is 1.05. The number of primary amides is 1. The monoisotopic (exact) mass is 297 g/mol. The largest absolute Gasteiger partial charge is 0.370 e. The Labute approximate surface area is 122 Å². The summed E-state index contributed by atoms with van der Waals surface area (Å²) in [4.78, 5) is 15.8. The van der Waals surface area contributed by atoms with Crippen LogP contribution in [0.1, 0.15) is 50.1 Å². The molecule has 6 nitrogen and oxygen atoms in total. The number of carbonyl (C=O) groups is 1. The summed E-state index contributed by atoms with van der Waals surface area (Å²) in [5.74, 6) is 0.406.